The van der Waals surface area contributed by atoms with Crippen LogP contribution in [0.5, 0.6) is 11.5 Å². The van der Waals surface area contributed by atoms with Gasteiger partial charge < -0.3 is 18.8 Å². The number of hydrogen-bond acceptors (Lipinski definition) is 5. The maximum absolute atomic E-state index is 12.5. The number of benzene rings is 2. The minimum atomic E-state index is -0.414. The van der Waals surface area contributed by atoms with E-state index in [1.807, 2.05) is 32.9 Å². The highest BCUT2D eigenvalue weighted by Gasteiger charge is 2.16. The molecule has 0 N–H and O–H groups in total. The van der Waals surface area contributed by atoms with Gasteiger partial charge in [0.15, 0.2) is 0 Å². The number of methoxy groups -OCH3 is 1. The first kappa shape index (κ1) is 19.5. The van der Waals surface area contributed by atoms with Gasteiger partial charge in [0.05, 0.1) is 12.7 Å². The van der Waals surface area contributed by atoms with Gasteiger partial charge in [-0.1, -0.05) is 12.1 Å². The molecule has 6 heteroatoms. The van der Waals surface area contributed by atoms with Crippen LogP contribution in [-0.2, 0) is 0 Å². The van der Waals surface area contributed by atoms with Crippen LogP contribution >= 0.6 is 0 Å². The van der Waals surface area contributed by atoms with Crippen LogP contribution in [0.2, 0.25) is 0 Å². The third-order valence-corrected chi connectivity index (χ3v) is 4.74. The van der Waals surface area contributed by atoms with E-state index in [1.165, 1.54) is 0 Å². The fraction of sp³-hybridized carbons (Fsp3) is 0.273. The van der Waals surface area contributed by atoms with Crippen molar-refractivity contribution in [2.75, 3.05) is 20.2 Å². The summed E-state index contributed by atoms with van der Waals surface area (Å²) in [5, 5.41) is 0.718. The van der Waals surface area contributed by atoms with Crippen molar-refractivity contribution in [3.8, 4) is 22.6 Å². The Morgan fingerprint density at radius 3 is 2.29 bits per heavy atom. The second-order valence-electron chi connectivity index (χ2n) is 6.32. The first-order chi connectivity index (χ1) is 13.5. The average Bonchev–Trinajstić information content (AvgIpc) is 2.70. The number of amides is 1. The lowest BCUT2D eigenvalue weighted by atomic mass is 9.99. The quantitative estimate of drug-likeness (QED) is 0.603. The molecule has 0 spiro atoms. The minimum Gasteiger partial charge on any atom is -0.497 e. The molecule has 0 fully saturated rings. The van der Waals surface area contributed by atoms with E-state index >= 15 is 0 Å². The van der Waals surface area contributed by atoms with E-state index in [0.717, 1.165) is 16.5 Å². The number of carbonyl (C=O) groups excluding carboxylic acids is 1. The molecule has 0 radical (unpaired) electrons. The van der Waals surface area contributed by atoms with Crippen LogP contribution in [0.25, 0.3) is 22.1 Å². The van der Waals surface area contributed by atoms with Crippen molar-refractivity contribution in [1.82, 2.24) is 4.90 Å². The van der Waals surface area contributed by atoms with E-state index in [0.29, 0.717) is 35.7 Å². The molecule has 0 unspecified atom stereocenters. The second kappa shape index (κ2) is 8.17. The Morgan fingerprint density at radius 2 is 1.68 bits per heavy atom. The maximum Gasteiger partial charge on any atom is 0.415 e. The molecule has 6 nitrogen and oxygen atoms in total. The van der Waals surface area contributed by atoms with Crippen molar-refractivity contribution in [3.63, 3.8) is 0 Å². The standard InChI is InChI=1S/C22H23NO5/c1-5-23(6-2)22(25)27-17-11-12-19-18(13-17)14(3)20(21(24)28-19)15-7-9-16(26-4)10-8-15/h7-13H,5-6H2,1-4H3. The molecule has 0 aliphatic heterocycles. The lowest BCUT2D eigenvalue weighted by Gasteiger charge is -2.18. The average molecular weight is 381 g/mol. The summed E-state index contributed by atoms with van der Waals surface area (Å²) < 4.78 is 16.1. The molecule has 1 aromatic heterocycles. The van der Waals surface area contributed by atoms with Crippen molar-refractivity contribution >= 4 is 17.1 Å². The molecule has 3 aromatic rings. The Kier molecular flexibility index (Phi) is 5.68. The molecular weight excluding hydrogens is 358 g/mol. The van der Waals surface area contributed by atoms with Gasteiger partial charge in [0, 0.05) is 18.5 Å². The summed E-state index contributed by atoms with van der Waals surface area (Å²) >= 11 is 0. The first-order valence-corrected chi connectivity index (χ1v) is 9.17. The fourth-order valence-electron chi connectivity index (χ4n) is 3.13. The summed E-state index contributed by atoms with van der Waals surface area (Å²) in [6.07, 6.45) is -0.408. The van der Waals surface area contributed by atoms with Crippen molar-refractivity contribution in [2.24, 2.45) is 0 Å². The lowest BCUT2D eigenvalue weighted by molar-refractivity contribution is 0.157. The number of ether oxygens (including phenoxy) is 2. The summed E-state index contributed by atoms with van der Waals surface area (Å²) in [6.45, 7) is 6.78. The van der Waals surface area contributed by atoms with Crippen LogP contribution in [0.1, 0.15) is 19.4 Å². The summed E-state index contributed by atoms with van der Waals surface area (Å²) in [7, 11) is 1.59. The molecule has 0 saturated carbocycles. The van der Waals surface area contributed by atoms with Crippen LogP contribution < -0.4 is 15.1 Å². The highest BCUT2D eigenvalue weighted by atomic mass is 16.6. The molecule has 0 aliphatic carbocycles. The lowest BCUT2D eigenvalue weighted by Crippen LogP contribution is -2.33. The molecule has 0 bridgehead atoms. The molecule has 0 aliphatic rings. The van der Waals surface area contributed by atoms with E-state index in [2.05, 4.69) is 0 Å². The smallest absolute Gasteiger partial charge is 0.415 e. The van der Waals surface area contributed by atoms with Crippen molar-refractivity contribution < 1.29 is 18.7 Å². The number of hydrogen-bond donors (Lipinski definition) is 0. The Hall–Kier alpha value is -3.28. The summed E-state index contributed by atoms with van der Waals surface area (Å²) in [4.78, 5) is 26.4. The Balaban J connectivity index is 2.05. The van der Waals surface area contributed by atoms with E-state index in [-0.39, 0.29) is 0 Å². The van der Waals surface area contributed by atoms with Gasteiger partial charge in [0.1, 0.15) is 17.1 Å². The number of carbonyl (C=O) groups is 1. The van der Waals surface area contributed by atoms with Crippen molar-refractivity contribution in [2.45, 2.75) is 20.8 Å². The Bertz CT molecular complexity index is 1050. The van der Waals surface area contributed by atoms with Gasteiger partial charge in [0.25, 0.3) is 0 Å². The normalized spacial score (nSPS) is 10.7. The van der Waals surface area contributed by atoms with Gasteiger partial charge in [-0.15, -0.1) is 0 Å². The number of rotatable bonds is 5. The van der Waals surface area contributed by atoms with Gasteiger partial charge in [0.2, 0.25) is 0 Å². The zero-order valence-corrected chi connectivity index (χ0v) is 16.4. The SMILES string of the molecule is CCN(CC)C(=O)Oc1ccc2oc(=O)c(-c3ccc(OC)cc3)c(C)c2c1. The number of aryl methyl sites for hydroxylation is 1. The van der Waals surface area contributed by atoms with Crippen LogP contribution in [0.3, 0.4) is 0 Å². The fourth-order valence-corrected chi connectivity index (χ4v) is 3.13. The molecule has 2 aromatic carbocycles. The van der Waals surface area contributed by atoms with E-state index < -0.39 is 11.7 Å². The molecular formula is C22H23NO5. The number of fused-ring (bicyclic) bond motifs is 1. The molecule has 1 heterocycles. The molecule has 1 amide bonds. The zero-order valence-electron chi connectivity index (χ0n) is 16.4. The third-order valence-electron chi connectivity index (χ3n) is 4.74. The molecule has 0 atom stereocenters. The first-order valence-electron chi connectivity index (χ1n) is 9.17. The molecule has 146 valence electrons. The minimum absolute atomic E-state index is 0.405. The highest BCUT2D eigenvalue weighted by molar-refractivity contribution is 5.88. The van der Waals surface area contributed by atoms with Crippen LogP contribution in [0, 0.1) is 6.92 Å². The summed E-state index contributed by atoms with van der Waals surface area (Å²) in [5.41, 5.74) is 2.00. The van der Waals surface area contributed by atoms with E-state index in [4.69, 9.17) is 13.9 Å². The zero-order chi connectivity index (χ0) is 20.3. The molecule has 3 rings (SSSR count). The largest absolute Gasteiger partial charge is 0.497 e. The molecule has 28 heavy (non-hydrogen) atoms. The molecule has 0 saturated heterocycles. The summed E-state index contributed by atoms with van der Waals surface area (Å²) in [5.74, 6) is 1.11. The second-order valence-corrected chi connectivity index (χ2v) is 6.32. The Labute approximate surface area is 163 Å². The summed E-state index contributed by atoms with van der Waals surface area (Å²) in [6, 6.07) is 12.2. The van der Waals surface area contributed by atoms with Gasteiger partial charge >= 0.3 is 11.7 Å². The predicted molar refractivity (Wildman–Crippen MR) is 108 cm³/mol. The number of nitrogens with zero attached hydrogens (tertiary/aromatic N) is 1. The van der Waals surface area contributed by atoms with Crippen LogP contribution in [-0.4, -0.2) is 31.2 Å². The third kappa shape index (κ3) is 3.71. The van der Waals surface area contributed by atoms with Gasteiger partial charge in [-0.3, -0.25) is 0 Å². The van der Waals surface area contributed by atoms with Gasteiger partial charge in [-0.2, -0.15) is 0 Å². The van der Waals surface area contributed by atoms with E-state index in [9.17, 15) is 9.59 Å². The van der Waals surface area contributed by atoms with Crippen LogP contribution in [0.4, 0.5) is 4.79 Å². The van der Waals surface area contributed by atoms with Crippen LogP contribution in [0.15, 0.2) is 51.7 Å². The van der Waals surface area contributed by atoms with Gasteiger partial charge in [-0.05, 0) is 62.2 Å². The van der Waals surface area contributed by atoms with E-state index in [1.54, 1.807) is 42.3 Å². The topological polar surface area (TPSA) is 69.0 Å². The maximum atomic E-state index is 12.5. The highest BCUT2D eigenvalue weighted by Crippen LogP contribution is 2.30. The van der Waals surface area contributed by atoms with Gasteiger partial charge in [-0.25, -0.2) is 9.59 Å². The predicted octanol–water partition coefficient (Wildman–Crippen LogP) is 4.62. The van der Waals surface area contributed by atoms with Crippen molar-refractivity contribution in [1.29, 1.82) is 0 Å². The Morgan fingerprint density at radius 1 is 1.04 bits per heavy atom. The monoisotopic (exact) mass is 381 g/mol. The van der Waals surface area contributed by atoms with Crippen molar-refractivity contribution in [3.05, 3.63) is 58.4 Å².